The summed E-state index contributed by atoms with van der Waals surface area (Å²) in [4.78, 5) is 11.1. The monoisotopic (exact) mass is 256 g/mol. The van der Waals surface area contributed by atoms with Crippen molar-refractivity contribution in [3.05, 3.63) is 29.3 Å². The maximum Gasteiger partial charge on any atom is 0.228 e. The van der Waals surface area contributed by atoms with E-state index >= 15 is 0 Å². The van der Waals surface area contributed by atoms with Crippen LogP contribution >= 0.6 is 15.9 Å². The Morgan fingerprint density at radius 2 is 2.07 bits per heavy atom. The van der Waals surface area contributed by atoms with E-state index in [0.29, 0.717) is 11.5 Å². The van der Waals surface area contributed by atoms with Crippen LogP contribution in [0.3, 0.4) is 0 Å². The van der Waals surface area contributed by atoms with E-state index in [1.807, 2.05) is 12.1 Å². The molecular weight excluding hydrogens is 244 g/mol. The Morgan fingerprint density at radius 3 is 2.50 bits per heavy atom. The first-order valence-corrected chi connectivity index (χ1v) is 5.23. The highest BCUT2D eigenvalue weighted by Gasteiger charge is 2.10. The Labute approximate surface area is 92.4 Å². The van der Waals surface area contributed by atoms with E-state index in [0.717, 1.165) is 11.3 Å². The van der Waals surface area contributed by atoms with Gasteiger partial charge in [0.15, 0.2) is 0 Å². The van der Waals surface area contributed by atoms with Gasteiger partial charge in [-0.15, -0.1) is 0 Å². The maximum atomic E-state index is 11.1. The van der Waals surface area contributed by atoms with Crippen molar-refractivity contribution in [2.24, 2.45) is 0 Å². The highest BCUT2D eigenvalue weighted by Crippen LogP contribution is 2.27. The molecule has 0 saturated carbocycles. The lowest BCUT2D eigenvalue weighted by Gasteiger charge is -2.12. The normalized spacial score (nSPS) is 10.4. The topological polar surface area (TPSA) is 26.3 Å². The summed E-state index contributed by atoms with van der Waals surface area (Å²) in [5, 5.41) is 0. The summed E-state index contributed by atoms with van der Waals surface area (Å²) >= 11 is 2.93. The fraction of sp³-hybridized carbons (Fsp3) is 0.364. The second-order valence-electron chi connectivity index (χ2n) is 3.39. The zero-order valence-electron chi connectivity index (χ0n) is 8.50. The molecule has 14 heavy (non-hydrogen) atoms. The Balaban J connectivity index is 3.20. The maximum absolute atomic E-state index is 11.1. The lowest BCUT2D eigenvalue weighted by molar-refractivity contribution is 0.109. The largest absolute Gasteiger partial charge is 0.496 e. The van der Waals surface area contributed by atoms with Crippen molar-refractivity contribution in [2.45, 2.75) is 19.8 Å². The third-order valence-corrected chi connectivity index (χ3v) is 2.54. The van der Waals surface area contributed by atoms with Gasteiger partial charge in [0.1, 0.15) is 5.75 Å². The molecule has 0 spiro atoms. The molecule has 0 radical (unpaired) electrons. The van der Waals surface area contributed by atoms with Crippen LogP contribution in [-0.2, 0) is 0 Å². The van der Waals surface area contributed by atoms with E-state index in [4.69, 9.17) is 4.74 Å². The molecule has 76 valence electrons. The first-order valence-electron chi connectivity index (χ1n) is 4.44. The minimum absolute atomic E-state index is 0.0953. The molecule has 0 bridgehead atoms. The van der Waals surface area contributed by atoms with Crippen LogP contribution in [0.1, 0.15) is 35.7 Å². The van der Waals surface area contributed by atoms with Crippen LogP contribution in [-0.4, -0.2) is 11.8 Å². The highest BCUT2D eigenvalue weighted by molar-refractivity contribution is 9.18. The van der Waals surface area contributed by atoms with Gasteiger partial charge in [0.25, 0.3) is 0 Å². The average molecular weight is 257 g/mol. The van der Waals surface area contributed by atoms with Crippen LogP contribution in [0.15, 0.2) is 18.2 Å². The van der Waals surface area contributed by atoms with Gasteiger partial charge >= 0.3 is 0 Å². The van der Waals surface area contributed by atoms with Gasteiger partial charge in [-0.2, -0.15) is 0 Å². The first-order chi connectivity index (χ1) is 6.56. The minimum Gasteiger partial charge on any atom is -0.496 e. The smallest absolute Gasteiger partial charge is 0.228 e. The van der Waals surface area contributed by atoms with Crippen molar-refractivity contribution < 1.29 is 9.53 Å². The molecule has 0 aliphatic heterocycles. The zero-order chi connectivity index (χ0) is 10.7. The van der Waals surface area contributed by atoms with Crippen molar-refractivity contribution >= 4 is 20.6 Å². The van der Waals surface area contributed by atoms with Gasteiger partial charge in [-0.3, -0.25) is 4.79 Å². The van der Waals surface area contributed by atoms with Crippen molar-refractivity contribution in [1.82, 2.24) is 0 Å². The average Bonchev–Trinajstić information content (AvgIpc) is 2.16. The molecule has 0 atom stereocenters. The molecule has 3 heteroatoms. The molecule has 1 rings (SSSR count). The summed E-state index contributed by atoms with van der Waals surface area (Å²) in [5.74, 6) is 1.18. The van der Waals surface area contributed by atoms with Crippen LogP contribution in [0.2, 0.25) is 0 Å². The van der Waals surface area contributed by atoms with Gasteiger partial charge in [0.05, 0.1) is 7.11 Å². The molecule has 0 heterocycles. The number of carbonyl (C=O) groups excluding carboxylic acids is 1. The Hall–Kier alpha value is -0.830. The number of rotatable bonds is 3. The van der Waals surface area contributed by atoms with Gasteiger partial charge in [-0.25, -0.2) is 0 Å². The van der Waals surface area contributed by atoms with Gasteiger partial charge in [-0.1, -0.05) is 13.8 Å². The molecule has 0 unspecified atom stereocenters. The summed E-state index contributed by atoms with van der Waals surface area (Å²) in [6.07, 6.45) is 0. The Morgan fingerprint density at radius 1 is 1.43 bits per heavy atom. The van der Waals surface area contributed by atoms with Gasteiger partial charge in [0, 0.05) is 5.56 Å². The third kappa shape index (κ3) is 2.35. The number of halogens is 1. The predicted molar refractivity (Wildman–Crippen MR) is 60.3 cm³/mol. The van der Waals surface area contributed by atoms with Crippen molar-refractivity contribution in [3.8, 4) is 5.75 Å². The summed E-state index contributed by atoms with van der Waals surface area (Å²) < 4.78 is 5.12. The van der Waals surface area contributed by atoms with Gasteiger partial charge in [-0.05, 0) is 45.6 Å². The molecule has 0 aliphatic carbocycles. The van der Waals surface area contributed by atoms with Crippen LogP contribution in [0.5, 0.6) is 5.75 Å². The first kappa shape index (κ1) is 11.2. The molecule has 0 aromatic heterocycles. The molecule has 0 N–H and O–H groups in total. The van der Waals surface area contributed by atoms with Crippen molar-refractivity contribution in [3.63, 3.8) is 0 Å². The van der Waals surface area contributed by atoms with E-state index in [1.165, 1.54) is 0 Å². The summed E-state index contributed by atoms with van der Waals surface area (Å²) in [5.41, 5.74) is 1.72. The fourth-order valence-corrected chi connectivity index (χ4v) is 1.55. The second kappa shape index (κ2) is 4.60. The van der Waals surface area contributed by atoms with Crippen LogP contribution in [0.4, 0.5) is 0 Å². The fourth-order valence-electron chi connectivity index (χ4n) is 1.31. The molecule has 0 amide bonds. The number of carbonyl (C=O) groups is 1. The van der Waals surface area contributed by atoms with Crippen LogP contribution < -0.4 is 4.74 Å². The molecule has 0 aliphatic rings. The van der Waals surface area contributed by atoms with E-state index < -0.39 is 0 Å². The molecule has 0 saturated heterocycles. The molecule has 2 nitrogen and oxygen atoms in total. The lowest BCUT2D eigenvalue weighted by atomic mass is 10.00. The van der Waals surface area contributed by atoms with Crippen LogP contribution in [0.25, 0.3) is 0 Å². The number of hydrogen-bond donors (Lipinski definition) is 0. The lowest BCUT2D eigenvalue weighted by Crippen LogP contribution is -1.97. The molecule has 0 fully saturated rings. The Bertz CT molecular complexity index is 345. The van der Waals surface area contributed by atoms with E-state index in [1.54, 1.807) is 13.2 Å². The summed E-state index contributed by atoms with van der Waals surface area (Å²) in [6, 6.07) is 5.44. The SMILES string of the molecule is COc1ccc(C(=O)Br)cc1C(C)C. The Kier molecular flexibility index (Phi) is 3.69. The molecule has 1 aromatic carbocycles. The molecule has 1 aromatic rings. The molecular formula is C11H13BrO2. The third-order valence-electron chi connectivity index (χ3n) is 2.08. The number of methoxy groups -OCH3 is 1. The summed E-state index contributed by atoms with van der Waals surface area (Å²) in [6.45, 7) is 4.14. The summed E-state index contributed by atoms with van der Waals surface area (Å²) in [7, 11) is 1.64. The predicted octanol–water partition coefficient (Wildman–Crippen LogP) is 3.35. The highest BCUT2D eigenvalue weighted by atomic mass is 79.9. The van der Waals surface area contributed by atoms with Crippen molar-refractivity contribution in [1.29, 1.82) is 0 Å². The number of benzene rings is 1. The van der Waals surface area contributed by atoms with Crippen LogP contribution in [0, 0.1) is 0 Å². The second-order valence-corrected chi connectivity index (χ2v) is 4.11. The number of hydrogen-bond acceptors (Lipinski definition) is 2. The van der Waals surface area contributed by atoms with Gasteiger partial charge < -0.3 is 4.74 Å². The quantitative estimate of drug-likeness (QED) is 0.776. The van der Waals surface area contributed by atoms with E-state index in [-0.39, 0.29) is 4.69 Å². The van der Waals surface area contributed by atoms with Gasteiger partial charge in [0.2, 0.25) is 4.69 Å². The number of ether oxygens (including phenoxy) is 1. The van der Waals surface area contributed by atoms with Crippen molar-refractivity contribution in [2.75, 3.05) is 7.11 Å². The van der Waals surface area contributed by atoms with E-state index in [9.17, 15) is 4.79 Å². The standard InChI is InChI=1S/C11H13BrO2/c1-7(2)9-6-8(11(12)13)4-5-10(9)14-3/h4-7H,1-3H3. The zero-order valence-corrected chi connectivity index (χ0v) is 10.1. The minimum atomic E-state index is -0.0953. The van der Waals surface area contributed by atoms with E-state index in [2.05, 4.69) is 29.8 Å².